The summed E-state index contributed by atoms with van der Waals surface area (Å²) in [5, 5.41) is 17.4. The Balaban J connectivity index is 2.23. The lowest BCUT2D eigenvalue weighted by Gasteiger charge is -2.30. The zero-order valence-corrected chi connectivity index (χ0v) is 13.5. The van der Waals surface area contributed by atoms with E-state index in [0.29, 0.717) is 5.56 Å². The van der Waals surface area contributed by atoms with Crippen LogP contribution in [-0.4, -0.2) is 23.6 Å². The minimum Gasteiger partial charge on any atom is -0.465 e. The van der Waals surface area contributed by atoms with Crippen LogP contribution in [0.2, 0.25) is 0 Å². The minimum atomic E-state index is -1.08. The molecule has 25 heavy (non-hydrogen) atoms. The highest BCUT2D eigenvalue weighted by Gasteiger charge is 2.45. The Morgan fingerprint density at radius 1 is 1.32 bits per heavy atom. The van der Waals surface area contributed by atoms with Gasteiger partial charge in [-0.1, -0.05) is 30.3 Å². The quantitative estimate of drug-likeness (QED) is 0.819. The Bertz CT molecular complexity index is 858. The predicted molar refractivity (Wildman–Crippen MR) is 87.7 cm³/mol. The first-order valence-electron chi connectivity index (χ1n) is 7.82. The highest BCUT2D eigenvalue weighted by molar-refractivity contribution is 6.00. The molecule has 130 valence electrons. The molecule has 1 aliphatic heterocycles. The van der Waals surface area contributed by atoms with E-state index in [1.807, 2.05) is 6.07 Å². The highest BCUT2D eigenvalue weighted by Crippen LogP contribution is 2.41. The van der Waals surface area contributed by atoms with Crippen LogP contribution in [0.15, 0.2) is 45.6 Å². The fraction of sp³-hybridized carbons (Fsp3) is 0.278. The van der Waals surface area contributed by atoms with Gasteiger partial charge in [0.25, 0.3) is 0 Å². The lowest BCUT2D eigenvalue weighted by atomic mass is 9.81. The van der Waals surface area contributed by atoms with Gasteiger partial charge in [0.15, 0.2) is 5.76 Å². The van der Waals surface area contributed by atoms with E-state index < -0.39 is 29.8 Å². The number of rotatable bonds is 4. The number of hydrogen-bond donors (Lipinski definition) is 2. The van der Waals surface area contributed by atoms with Gasteiger partial charge in [-0.2, -0.15) is 0 Å². The first-order chi connectivity index (χ1) is 12.1. The number of aliphatic hydroxyl groups is 1. The van der Waals surface area contributed by atoms with Gasteiger partial charge in [-0.25, -0.2) is 0 Å². The molecule has 1 aromatic heterocycles. The van der Waals surface area contributed by atoms with E-state index in [-0.39, 0.29) is 29.8 Å². The fourth-order valence-electron chi connectivity index (χ4n) is 2.89. The second kappa shape index (κ2) is 6.90. The minimum absolute atomic E-state index is 0.0596. The SMILES string of the molecule is CCOC(=O)C1C(=N)Oc2c(oc(CO)cc2=O)C1c1ccccc1. The number of nitrogens with one attached hydrogen (secondary N) is 1. The second-order valence-electron chi connectivity index (χ2n) is 5.51. The van der Waals surface area contributed by atoms with Gasteiger partial charge in [0.05, 0.1) is 12.5 Å². The summed E-state index contributed by atoms with van der Waals surface area (Å²) in [5.74, 6) is -2.81. The van der Waals surface area contributed by atoms with Gasteiger partial charge in [-0.05, 0) is 12.5 Å². The third-order valence-electron chi connectivity index (χ3n) is 3.95. The van der Waals surface area contributed by atoms with Crippen molar-refractivity contribution in [2.24, 2.45) is 5.92 Å². The molecule has 0 saturated heterocycles. The van der Waals surface area contributed by atoms with Crippen molar-refractivity contribution in [2.75, 3.05) is 6.61 Å². The van der Waals surface area contributed by atoms with Crippen molar-refractivity contribution < 1.29 is 23.8 Å². The molecule has 3 rings (SSSR count). The highest BCUT2D eigenvalue weighted by atomic mass is 16.5. The van der Waals surface area contributed by atoms with Crippen molar-refractivity contribution in [1.29, 1.82) is 5.41 Å². The summed E-state index contributed by atoms with van der Waals surface area (Å²) < 4.78 is 16.0. The third-order valence-corrected chi connectivity index (χ3v) is 3.95. The number of fused-ring (bicyclic) bond motifs is 1. The number of esters is 1. The number of hydrogen-bond acceptors (Lipinski definition) is 7. The molecule has 7 nitrogen and oxygen atoms in total. The van der Waals surface area contributed by atoms with Crippen LogP contribution in [0.25, 0.3) is 0 Å². The molecular weight excluding hydrogens is 326 g/mol. The number of carbonyl (C=O) groups excluding carboxylic acids is 1. The molecule has 0 bridgehead atoms. The van der Waals surface area contributed by atoms with Gasteiger partial charge in [0.1, 0.15) is 18.3 Å². The Morgan fingerprint density at radius 2 is 2.04 bits per heavy atom. The van der Waals surface area contributed by atoms with E-state index in [9.17, 15) is 14.7 Å². The van der Waals surface area contributed by atoms with Crippen LogP contribution in [-0.2, 0) is 16.1 Å². The van der Waals surface area contributed by atoms with Gasteiger partial charge in [-0.3, -0.25) is 15.0 Å². The number of benzene rings is 1. The van der Waals surface area contributed by atoms with Crippen molar-refractivity contribution in [3.8, 4) is 5.75 Å². The van der Waals surface area contributed by atoms with Crippen LogP contribution in [0, 0.1) is 11.3 Å². The number of aliphatic hydroxyl groups excluding tert-OH is 1. The van der Waals surface area contributed by atoms with Crippen LogP contribution >= 0.6 is 0 Å². The van der Waals surface area contributed by atoms with E-state index in [1.165, 1.54) is 0 Å². The van der Waals surface area contributed by atoms with Crippen LogP contribution < -0.4 is 10.2 Å². The average Bonchev–Trinajstić information content (AvgIpc) is 2.62. The van der Waals surface area contributed by atoms with Crippen molar-refractivity contribution in [1.82, 2.24) is 0 Å². The molecule has 0 amide bonds. The average molecular weight is 343 g/mol. The first kappa shape index (κ1) is 16.9. The summed E-state index contributed by atoms with van der Waals surface area (Å²) in [5.41, 5.74) is 0.159. The van der Waals surface area contributed by atoms with Gasteiger partial charge < -0.3 is 19.0 Å². The molecule has 2 atom stereocenters. The summed E-state index contributed by atoms with van der Waals surface area (Å²) >= 11 is 0. The molecule has 0 aliphatic carbocycles. The Kier molecular flexibility index (Phi) is 4.67. The smallest absolute Gasteiger partial charge is 0.319 e. The lowest BCUT2D eigenvalue weighted by molar-refractivity contribution is -0.146. The molecule has 0 spiro atoms. The molecule has 2 N–H and O–H groups in total. The standard InChI is InChI=1S/C18H17NO6/c1-2-23-18(22)14-13(10-6-4-3-5-7-10)16-15(25-17(14)19)12(21)8-11(9-20)24-16/h3-8,13-14,19-20H,2,9H2,1H3. The monoisotopic (exact) mass is 343 g/mol. The van der Waals surface area contributed by atoms with E-state index in [1.54, 1.807) is 31.2 Å². The number of carbonyl (C=O) groups is 1. The lowest BCUT2D eigenvalue weighted by Crippen LogP contribution is -2.40. The van der Waals surface area contributed by atoms with E-state index in [2.05, 4.69) is 0 Å². The van der Waals surface area contributed by atoms with Crippen LogP contribution in [0.4, 0.5) is 0 Å². The Hall–Kier alpha value is -2.93. The fourth-order valence-corrected chi connectivity index (χ4v) is 2.89. The van der Waals surface area contributed by atoms with Crippen LogP contribution in [0.1, 0.15) is 29.9 Å². The summed E-state index contributed by atoms with van der Waals surface area (Å²) in [6, 6.07) is 10.0. The molecule has 7 heteroatoms. The summed E-state index contributed by atoms with van der Waals surface area (Å²) in [7, 11) is 0. The Morgan fingerprint density at radius 3 is 2.68 bits per heavy atom. The topological polar surface area (TPSA) is 110 Å². The molecule has 0 fully saturated rings. The molecule has 1 aliphatic rings. The van der Waals surface area contributed by atoms with Crippen molar-refractivity contribution in [3.63, 3.8) is 0 Å². The molecular formula is C18H17NO6. The van der Waals surface area contributed by atoms with E-state index in [0.717, 1.165) is 6.07 Å². The van der Waals surface area contributed by atoms with Crippen LogP contribution in [0.5, 0.6) is 5.75 Å². The van der Waals surface area contributed by atoms with Gasteiger partial charge in [0, 0.05) is 6.07 Å². The maximum absolute atomic E-state index is 12.4. The normalized spacial score (nSPS) is 19.0. The zero-order valence-electron chi connectivity index (χ0n) is 13.5. The zero-order chi connectivity index (χ0) is 18.0. The van der Waals surface area contributed by atoms with E-state index >= 15 is 0 Å². The molecule has 2 unspecified atom stereocenters. The van der Waals surface area contributed by atoms with Gasteiger partial charge in [0.2, 0.25) is 17.1 Å². The van der Waals surface area contributed by atoms with Gasteiger partial charge >= 0.3 is 5.97 Å². The summed E-state index contributed by atoms with van der Waals surface area (Å²) in [6.45, 7) is 1.35. The summed E-state index contributed by atoms with van der Waals surface area (Å²) in [4.78, 5) is 24.7. The van der Waals surface area contributed by atoms with E-state index in [4.69, 9.17) is 19.3 Å². The Labute approximate surface area is 143 Å². The molecule has 0 radical (unpaired) electrons. The molecule has 2 heterocycles. The molecule has 1 aromatic carbocycles. The maximum Gasteiger partial charge on any atom is 0.319 e. The van der Waals surface area contributed by atoms with Crippen LogP contribution in [0.3, 0.4) is 0 Å². The first-order valence-corrected chi connectivity index (χ1v) is 7.82. The van der Waals surface area contributed by atoms with Crippen molar-refractivity contribution in [3.05, 3.63) is 63.7 Å². The second-order valence-corrected chi connectivity index (χ2v) is 5.51. The van der Waals surface area contributed by atoms with Gasteiger partial charge in [-0.15, -0.1) is 0 Å². The third kappa shape index (κ3) is 3.06. The van der Waals surface area contributed by atoms with Crippen molar-refractivity contribution >= 4 is 11.9 Å². The summed E-state index contributed by atoms with van der Waals surface area (Å²) in [6.07, 6.45) is 0. The predicted octanol–water partition coefficient (Wildman–Crippen LogP) is 1.81. The molecule has 0 saturated carbocycles. The number of ether oxygens (including phenoxy) is 2. The largest absolute Gasteiger partial charge is 0.465 e. The molecule has 2 aromatic rings. The maximum atomic E-state index is 12.4. The van der Waals surface area contributed by atoms with Crippen molar-refractivity contribution in [2.45, 2.75) is 19.4 Å².